The second-order valence-electron chi connectivity index (χ2n) is 3.24. The minimum Gasteiger partial charge on any atom is -0.383 e. The Morgan fingerprint density at radius 3 is 2.93 bits per heavy atom. The first-order chi connectivity index (χ1) is 6.66. The molecular formula is C10H15BrN2O. The lowest BCUT2D eigenvalue weighted by Crippen LogP contribution is -2.32. The van der Waals surface area contributed by atoms with E-state index in [4.69, 9.17) is 4.74 Å². The summed E-state index contributed by atoms with van der Waals surface area (Å²) in [6, 6.07) is 2.33. The first kappa shape index (κ1) is 11.5. The van der Waals surface area contributed by atoms with Crippen LogP contribution in [-0.2, 0) is 4.74 Å². The van der Waals surface area contributed by atoms with Crippen LogP contribution in [0.1, 0.15) is 6.92 Å². The molecule has 0 spiro atoms. The zero-order valence-electron chi connectivity index (χ0n) is 8.70. The number of hydrogen-bond acceptors (Lipinski definition) is 3. The molecule has 0 aliphatic carbocycles. The molecule has 0 N–H and O–H groups in total. The van der Waals surface area contributed by atoms with Gasteiger partial charge in [0.1, 0.15) is 0 Å². The Kier molecular flexibility index (Phi) is 4.35. The molecule has 0 amide bonds. The molecule has 3 nitrogen and oxygen atoms in total. The fourth-order valence-corrected chi connectivity index (χ4v) is 1.77. The normalized spacial score (nSPS) is 12.6. The lowest BCUT2D eigenvalue weighted by Gasteiger charge is -2.27. The summed E-state index contributed by atoms with van der Waals surface area (Å²) in [4.78, 5) is 6.19. The number of ether oxygens (including phenoxy) is 1. The maximum atomic E-state index is 5.11. The minimum atomic E-state index is 0.346. The van der Waals surface area contributed by atoms with Gasteiger partial charge >= 0.3 is 0 Å². The van der Waals surface area contributed by atoms with Gasteiger partial charge in [0.2, 0.25) is 0 Å². The molecule has 1 rings (SSSR count). The maximum absolute atomic E-state index is 5.11. The van der Waals surface area contributed by atoms with Crippen molar-refractivity contribution in [3.63, 3.8) is 0 Å². The van der Waals surface area contributed by atoms with Crippen molar-refractivity contribution in [1.29, 1.82) is 0 Å². The molecule has 0 aliphatic heterocycles. The van der Waals surface area contributed by atoms with Gasteiger partial charge in [-0.2, -0.15) is 0 Å². The molecule has 1 aromatic heterocycles. The number of likely N-dealkylation sites (N-methyl/N-ethyl adjacent to an activating group) is 1. The van der Waals surface area contributed by atoms with Gasteiger partial charge in [-0.15, -0.1) is 0 Å². The van der Waals surface area contributed by atoms with E-state index in [0.29, 0.717) is 12.6 Å². The molecule has 1 unspecified atom stereocenters. The van der Waals surface area contributed by atoms with Crippen molar-refractivity contribution < 1.29 is 4.74 Å². The van der Waals surface area contributed by atoms with Crippen LogP contribution in [0.25, 0.3) is 0 Å². The number of rotatable bonds is 4. The van der Waals surface area contributed by atoms with E-state index in [1.165, 1.54) is 0 Å². The van der Waals surface area contributed by atoms with Crippen LogP contribution in [0, 0.1) is 0 Å². The second-order valence-corrected chi connectivity index (χ2v) is 4.10. The first-order valence-corrected chi connectivity index (χ1v) is 5.27. The summed E-state index contributed by atoms with van der Waals surface area (Å²) < 4.78 is 6.12. The van der Waals surface area contributed by atoms with E-state index < -0.39 is 0 Å². The summed E-state index contributed by atoms with van der Waals surface area (Å²) in [5.74, 6) is 0. The van der Waals surface area contributed by atoms with Crippen LogP contribution in [0.4, 0.5) is 5.69 Å². The standard InChI is InChI=1S/C10H15BrN2O/c1-8(7-14-3)13(2)10-4-5-12-6-9(10)11/h4-6,8H,7H2,1-3H3. The van der Waals surface area contributed by atoms with Crippen molar-refractivity contribution in [3.05, 3.63) is 22.9 Å². The van der Waals surface area contributed by atoms with E-state index >= 15 is 0 Å². The van der Waals surface area contributed by atoms with Crippen molar-refractivity contribution >= 4 is 21.6 Å². The molecule has 1 atom stereocenters. The largest absolute Gasteiger partial charge is 0.383 e. The van der Waals surface area contributed by atoms with Crippen LogP contribution in [0.5, 0.6) is 0 Å². The topological polar surface area (TPSA) is 25.4 Å². The molecule has 0 saturated carbocycles. The zero-order chi connectivity index (χ0) is 10.6. The van der Waals surface area contributed by atoms with Crippen molar-refractivity contribution in [3.8, 4) is 0 Å². The van der Waals surface area contributed by atoms with Crippen LogP contribution in [-0.4, -0.2) is 31.8 Å². The molecule has 78 valence electrons. The molecule has 1 heterocycles. The average molecular weight is 259 g/mol. The molecule has 0 saturated heterocycles. The summed E-state index contributed by atoms with van der Waals surface area (Å²) in [6.07, 6.45) is 3.58. The molecule has 0 aromatic carbocycles. The highest BCUT2D eigenvalue weighted by Gasteiger charge is 2.11. The molecule has 0 fully saturated rings. The number of aromatic nitrogens is 1. The third-order valence-electron chi connectivity index (χ3n) is 2.20. The number of halogens is 1. The van der Waals surface area contributed by atoms with Crippen molar-refractivity contribution in [2.75, 3.05) is 25.7 Å². The van der Waals surface area contributed by atoms with Gasteiger partial charge in [-0.05, 0) is 28.9 Å². The van der Waals surface area contributed by atoms with Crippen LogP contribution < -0.4 is 4.90 Å². The molecule has 4 heteroatoms. The lowest BCUT2D eigenvalue weighted by atomic mass is 10.3. The Morgan fingerprint density at radius 2 is 2.36 bits per heavy atom. The highest BCUT2D eigenvalue weighted by Crippen LogP contribution is 2.24. The number of pyridine rings is 1. The van der Waals surface area contributed by atoms with E-state index in [1.807, 2.05) is 13.1 Å². The van der Waals surface area contributed by atoms with Crippen LogP contribution in [0.3, 0.4) is 0 Å². The Hall–Kier alpha value is -0.610. The highest BCUT2D eigenvalue weighted by molar-refractivity contribution is 9.10. The van der Waals surface area contributed by atoms with Gasteiger partial charge in [-0.3, -0.25) is 4.98 Å². The number of hydrogen-bond donors (Lipinski definition) is 0. The van der Waals surface area contributed by atoms with Gasteiger partial charge in [0.15, 0.2) is 0 Å². The number of anilines is 1. The third-order valence-corrected chi connectivity index (χ3v) is 2.81. The quantitative estimate of drug-likeness (QED) is 0.829. The molecule has 0 bridgehead atoms. The first-order valence-electron chi connectivity index (χ1n) is 4.48. The third kappa shape index (κ3) is 2.69. The van der Waals surface area contributed by atoms with Crippen LogP contribution in [0.2, 0.25) is 0 Å². The van der Waals surface area contributed by atoms with Crippen LogP contribution in [0.15, 0.2) is 22.9 Å². The van der Waals surface area contributed by atoms with E-state index in [9.17, 15) is 0 Å². The number of nitrogens with zero attached hydrogens (tertiary/aromatic N) is 2. The summed E-state index contributed by atoms with van der Waals surface area (Å²) in [6.45, 7) is 2.83. The van der Waals surface area contributed by atoms with E-state index in [2.05, 4.69) is 32.7 Å². The Morgan fingerprint density at radius 1 is 1.64 bits per heavy atom. The van der Waals surface area contributed by atoms with Gasteiger partial charge in [0.25, 0.3) is 0 Å². The SMILES string of the molecule is COCC(C)N(C)c1ccncc1Br. The summed E-state index contributed by atoms with van der Waals surface area (Å²) in [5, 5.41) is 0. The fraction of sp³-hybridized carbons (Fsp3) is 0.500. The highest BCUT2D eigenvalue weighted by atomic mass is 79.9. The molecule has 0 radical (unpaired) electrons. The fourth-order valence-electron chi connectivity index (χ4n) is 1.24. The Bertz CT molecular complexity index is 293. The van der Waals surface area contributed by atoms with E-state index in [1.54, 1.807) is 19.5 Å². The Labute approximate surface area is 93.2 Å². The average Bonchev–Trinajstić information content (AvgIpc) is 2.18. The van der Waals surface area contributed by atoms with Crippen molar-refractivity contribution in [2.45, 2.75) is 13.0 Å². The molecular weight excluding hydrogens is 244 g/mol. The van der Waals surface area contributed by atoms with E-state index in [-0.39, 0.29) is 0 Å². The number of methoxy groups -OCH3 is 1. The van der Waals surface area contributed by atoms with Crippen LogP contribution >= 0.6 is 15.9 Å². The summed E-state index contributed by atoms with van der Waals surface area (Å²) in [5.41, 5.74) is 1.13. The summed E-state index contributed by atoms with van der Waals surface area (Å²) >= 11 is 3.47. The van der Waals surface area contributed by atoms with Crippen molar-refractivity contribution in [1.82, 2.24) is 4.98 Å². The molecule has 1 aromatic rings. The zero-order valence-corrected chi connectivity index (χ0v) is 10.3. The van der Waals surface area contributed by atoms with E-state index in [0.717, 1.165) is 10.2 Å². The molecule has 14 heavy (non-hydrogen) atoms. The van der Waals surface area contributed by atoms with Crippen molar-refractivity contribution in [2.24, 2.45) is 0 Å². The smallest absolute Gasteiger partial charge is 0.0663 e. The van der Waals surface area contributed by atoms with Gasteiger partial charge in [-0.1, -0.05) is 0 Å². The van der Waals surface area contributed by atoms with Gasteiger partial charge in [0.05, 0.1) is 16.8 Å². The van der Waals surface area contributed by atoms with Gasteiger partial charge < -0.3 is 9.64 Å². The predicted octanol–water partition coefficient (Wildman–Crippen LogP) is 2.32. The second kappa shape index (κ2) is 5.32. The van der Waals surface area contributed by atoms with Gasteiger partial charge in [-0.25, -0.2) is 0 Å². The van der Waals surface area contributed by atoms with Gasteiger partial charge in [0, 0.05) is 32.6 Å². The predicted molar refractivity (Wildman–Crippen MR) is 61.7 cm³/mol. The molecule has 0 aliphatic rings. The summed E-state index contributed by atoms with van der Waals surface area (Å²) in [7, 11) is 3.76. The minimum absolute atomic E-state index is 0.346. The lowest BCUT2D eigenvalue weighted by molar-refractivity contribution is 0.183. The Balaban J connectivity index is 2.78. The maximum Gasteiger partial charge on any atom is 0.0663 e. The monoisotopic (exact) mass is 258 g/mol.